The highest BCUT2D eigenvalue weighted by Gasteiger charge is 2.24. The van der Waals surface area contributed by atoms with E-state index in [1.807, 2.05) is 30.3 Å². The van der Waals surface area contributed by atoms with E-state index in [9.17, 15) is 19.5 Å². The number of carboxylic acids is 1. The molecule has 0 saturated heterocycles. The second-order valence-corrected chi connectivity index (χ2v) is 5.41. The van der Waals surface area contributed by atoms with E-state index >= 15 is 0 Å². The lowest BCUT2D eigenvalue weighted by Gasteiger charge is -2.17. The number of fused-ring (bicyclic) bond motifs is 1. The molecule has 1 N–H and O–H groups in total. The molecule has 24 heavy (non-hydrogen) atoms. The second-order valence-electron chi connectivity index (χ2n) is 5.41. The van der Waals surface area contributed by atoms with Gasteiger partial charge in [0.2, 0.25) is 11.6 Å². The Hall–Kier alpha value is -3.21. The Balaban J connectivity index is 1.83. The van der Waals surface area contributed by atoms with Crippen LogP contribution in [0.25, 0.3) is 6.08 Å². The van der Waals surface area contributed by atoms with Crippen LogP contribution in [0, 0.1) is 0 Å². The van der Waals surface area contributed by atoms with Gasteiger partial charge in [-0.3, -0.25) is 9.59 Å². The summed E-state index contributed by atoms with van der Waals surface area (Å²) in [5, 5.41) is 9.37. The van der Waals surface area contributed by atoms with Gasteiger partial charge in [-0.2, -0.15) is 0 Å². The van der Waals surface area contributed by atoms with E-state index in [1.165, 1.54) is 12.1 Å². The summed E-state index contributed by atoms with van der Waals surface area (Å²) in [5.41, 5.74) is 1.67. The van der Waals surface area contributed by atoms with Gasteiger partial charge in [0.1, 0.15) is 5.75 Å². The Bertz CT molecular complexity index is 836. The van der Waals surface area contributed by atoms with Crippen LogP contribution in [0.1, 0.15) is 21.5 Å². The molecule has 120 valence electrons. The summed E-state index contributed by atoms with van der Waals surface area (Å²) in [5.74, 6) is -2.07. The number of benzene rings is 2. The number of carboxylic acid groups (broad SMARTS) is 1. The lowest BCUT2D eigenvalue weighted by atomic mass is 9.95. The number of ether oxygens (including phenoxy) is 1. The van der Waals surface area contributed by atoms with Gasteiger partial charge >= 0.3 is 5.97 Å². The Labute approximate surface area is 138 Å². The third-order valence-electron chi connectivity index (χ3n) is 3.73. The fourth-order valence-electron chi connectivity index (χ4n) is 2.50. The van der Waals surface area contributed by atoms with E-state index in [-0.39, 0.29) is 17.7 Å². The predicted octanol–water partition coefficient (Wildman–Crippen LogP) is 2.54. The number of hydrogen-bond acceptors (Lipinski definition) is 4. The molecule has 1 aliphatic rings. The monoisotopic (exact) mass is 322 g/mol. The van der Waals surface area contributed by atoms with Crippen molar-refractivity contribution in [2.45, 2.75) is 12.5 Å². The number of carbonyl (C=O) groups is 3. The molecule has 0 aromatic heterocycles. The molecule has 2 aromatic rings. The molecule has 1 unspecified atom stereocenters. The van der Waals surface area contributed by atoms with E-state index < -0.39 is 23.6 Å². The minimum absolute atomic E-state index is 0.194. The lowest BCUT2D eigenvalue weighted by Crippen LogP contribution is -2.29. The average molecular weight is 322 g/mol. The van der Waals surface area contributed by atoms with Crippen LogP contribution in [-0.2, 0) is 16.0 Å². The highest BCUT2D eigenvalue weighted by atomic mass is 16.5. The van der Waals surface area contributed by atoms with E-state index in [4.69, 9.17) is 4.74 Å². The maximum absolute atomic E-state index is 11.9. The van der Waals surface area contributed by atoms with Crippen molar-refractivity contribution >= 4 is 23.6 Å². The van der Waals surface area contributed by atoms with Gasteiger partial charge in [-0.25, -0.2) is 4.79 Å². The van der Waals surface area contributed by atoms with Crippen LogP contribution in [-0.4, -0.2) is 28.7 Å². The topological polar surface area (TPSA) is 80.7 Å². The SMILES string of the molecule is O=C1C=Cc2ccc(OC(Cc3ccccc3)C(=O)O)cc2C1=O. The first-order chi connectivity index (χ1) is 11.5. The zero-order valence-electron chi connectivity index (χ0n) is 12.6. The van der Waals surface area contributed by atoms with Gasteiger partial charge in [0.05, 0.1) is 0 Å². The molecule has 0 radical (unpaired) electrons. The summed E-state index contributed by atoms with van der Waals surface area (Å²) < 4.78 is 5.54. The van der Waals surface area contributed by atoms with Crippen LogP contribution in [0.3, 0.4) is 0 Å². The third kappa shape index (κ3) is 3.25. The van der Waals surface area contributed by atoms with Gasteiger partial charge in [-0.05, 0) is 29.3 Å². The normalized spacial score (nSPS) is 14.2. The van der Waals surface area contributed by atoms with Crippen molar-refractivity contribution in [3.8, 4) is 5.75 Å². The van der Waals surface area contributed by atoms with Crippen molar-refractivity contribution in [1.82, 2.24) is 0 Å². The Morgan fingerprint density at radius 1 is 1.04 bits per heavy atom. The quantitative estimate of drug-likeness (QED) is 0.856. The molecule has 1 atom stereocenters. The number of carbonyl (C=O) groups excluding carboxylic acids is 2. The van der Waals surface area contributed by atoms with Crippen molar-refractivity contribution in [3.05, 3.63) is 71.3 Å². The summed E-state index contributed by atoms with van der Waals surface area (Å²) in [4.78, 5) is 34.8. The van der Waals surface area contributed by atoms with E-state index in [0.717, 1.165) is 5.56 Å². The molecular formula is C19H14O5. The number of ketones is 2. The van der Waals surface area contributed by atoms with Crippen molar-refractivity contribution in [2.24, 2.45) is 0 Å². The van der Waals surface area contributed by atoms with Crippen LogP contribution in [0.5, 0.6) is 5.75 Å². The fourth-order valence-corrected chi connectivity index (χ4v) is 2.50. The molecule has 0 fully saturated rings. The number of aliphatic carboxylic acids is 1. The van der Waals surface area contributed by atoms with Crippen molar-refractivity contribution in [3.63, 3.8) is 0 Å². The van der Waals surface area contributed by atoms with Crippen LogP contribution < -0.4 is 4.74 Å². The number of rotatable bonds is 5. The molecule has 0 amide bonds. The summed E-state index contributed by atoms with van der Waals surface area (Å²) in [6, 6.07) is 13.8. The van der Waals surface area contributed by atoms with Crippen molar-refractivity contribution in [1.29, 1.82) is 0 Å². The Kier molecular flexibility index (Phi) is 4.24. The molecule has 0 spiro atoms. The molecule has 0 heterocycles. The van der Waals surface area contributed by atoms with Gasteiger partial charge < -0.3 is 9.84 Å². The Morgan fingerprint density at radius 3 is 2.50 bits per heavy atom. The average Bonchev–Trinajstić information content (AvgIpc) is 2.59. The Morgan fingerprint density at radius 2 is 1.79 bits per heavy atom. The second kappa shape index (κ2) is 6.50. The highest BCUT2D eigenvalue weighted by Crippen LogP contribution is 2.24. The number of allylic oxidation sites excluding steroid dienone is 1. The van der Waals surface area contributed by atoms with Crippen LogP contribution in [0.2, 0.25) is 0 Å². The van der Waals surface area contributed by atoms with Crippen LogP contribution in [0.4, 0.5) is 0 Å². The van der Waals surface area contributed by atoms with Crippen LogP contribution in [0.15, 0.2) is 54.6 Å². The molecule has 5 heteroatoms. The van der Waals surface area contributed by atoms with Crippen molar-refractivity contribution < 1.29 is 24.2 Å². The van der Waals surface area contributed by atoms with Gasteiger partial charge in [-0.15, -0.1) is 0 Å². The van der Waals surface area contributed by atoms with Crippen LogP contribution >= 0.6 is 0 Å². The summed E-state index contributed by atoms with van der Waals surface area (Å²) in [7, 11) is 0. The zero-order valence-corrected chi connectivity index (χ0v) is 12.6. The van der Waals surface area contributed by atoms with E-state index in [1.54, 1.807) is 18.2 Å². The molecular weight excluding hydrogens is 308 g/mol. The summed E-state index contributed by atoms with van der Waals surface area (Å²) in [6.45, 7) is 0. The molecule has 1 aliphatic carbocycles. The maximum atomic E-state index is 11.9. The van der Waals surface area contributed by atoms with Gasteiger partial charge in [0.15, 0.2) is 6.10 Å². The molecule has 3 rings (SSSR count). The highest BCUT2D eigenvalue weighted by molar-refractivity contribution is 6.50. The molecule has 0 aliphatic heterocycles. The predicted molar refractivity (Wildman–Crippen MR) is 87.0 cm³/mol. The smallest absolute Gasteiger partial charge is 0.345 e. The molecule has 0 saturated carbocycles. The van der Waals surface area contributed by atoms with Gasteiger partial charge in [0, 0.05) is 12.0 Å². The van der Waals surface area contributed by atoms with E-state index in [0.29, 0.717) is 5.56 Å². The lowest BCUT2D eigenvalue weighted by molar-refractivity contribution is -0.145. The first kappa shape index (κ1) is 15.7. The molecule has 5 nitrogen and oxygen atoms in total. The summed E-state index contributed by atoms with van der Waals surface area (Å²) in [6.07, 6.45) is 1.89. The minimum Gasteiger partial charge on any atom is -0.478 e. The molecule has 0 bridgehead atoms. The van der Waals surface area contributed by atoms with E-state index in [2.05, 4.69) is 0 Å². The van der Waals surface area contributed by atoms with Crippen molar-refractivity contribution in [2.75, 3.05) is 0 Å². The number of hydrogen-bond donors (Lipinski definition) is 1. The number of Topliss-reactive ketones (excluding diaryl/α,β-unsaturated/α-hetero) is 1. The third-order valence-corrected chi connectivity index (χ3v) is 3.73. The minimum atomic E-state index is -1.10. The first-order valence-corrected chi connectivity index (χ1v) is 7.39. The zero-order chi connectivity index (χ0) is 17.1. The maximum Gasteiger partial charge on any atom is 0.345 e. The largest absolute Gasteiger partial charge is 0.478 e. The first-order valence-electron chi connectivity index (χ1n) is 7.39. The molecule has 2 aromatic carbocycles. The van der Waals surface area contributed by atoms with Gasteiger partial charge in [-0.1, -0.05) is 42.5 Å². The fraction of sp³-hybridized carbons (Fsp3) is 0.105. The van der Waals surface area contributed by atoms with Gasteiger partial charge in [0.25, 0.3) is 0 Å². The standard InChI is InChI=1S/C19H14O5/c20-16-9-7-13-6-8-14(11-15(13)18(16)21)24-17(19(22)23)10-12-4-2-1-3-5-12/h1-9,11,17H,10H2,(H,22,23). The summed E-state index contributed by atoms with van der Waals surface area (Å²) >= 11 is 0.